The third-order valence-corrected chi connectivity index (χ3v) is 5.25. The molecule has 3 rings (SSSR count). The zero-order valence-corrected chi connectivity index (χ0v) is 13.2. The van der Waals surface area contributed by atoms with E-state index in [0.717, 1.165) is 24.1 Å². The van der Waals surface area contributed by atoms with Gasteiger partial charge >= 0.3 is 5.76 Å². The van der Waals surface area contributed by atoms with Crippen molar-refractivity contribution < 1.29 is 9.15 Å². The number of hydrogen-bond acceptors (Lipinski definition) is 3. The van der Waals surface area contributed by atoms with E-state index in [9.17, 15) is 4.79 Å². The Morgan fingerprint density at radius 1 is 1.50 bits per heavy atom. The number of rotatable bonds is 3. The second-order valence-electron chi connectivity index (χ2n) is 5.38. The summed E-state index contributed by atoms with van der Waals surface area (Å²) in [5.74, 6) is 0.172. The minimum absolute atomic E-state index is 0.229. The molecule has 0 radical (unpaired) electrons. The van der Waals surface area contributed by atoms with Gasteiger partial charge in [-0.25, -0.2) is 4.79 Å². The number of aryl methyl sites for hydroxylation is 1. The van der Waals surface area contributed by atoms with Crippen LogP contribution in [0.5, 0.6) is 0 Å². The van der Waals surface area contributed by atoms with Gasteiger partial charge in [-0.3, -0.25) is 4.57 Å². The molecule has 0 bridgehead atoms. The van der Waals surface area contributed by atoms with Crippen LogP contribution in [0.4, 0.5) is 0 Å². The molecule has 0 aliphatic carbocycles. The number of benzene rings is 1. The molecule has 1 aliphatic heterocycles. The van der Waals surface area contributed by atoms with Gasteiger partial charge in [-0.15, -0.1) is 0 Å². The normalized spacial score (nSPS) is 24.4. The van der Waals surface area contributed by atoms with Crippen molar-refractivity contribution in [3.63, 3.8) is 0 Å². The van der Waals surface area contributed by atoms with E-state index in [0.29, 0.717) is 24.1 Å². The minimum atomic E-state index is -0.288. The van der Waals surface area contributed by atoms with Crippen LogP contribution < -0.4 is 5.76 Å². The fraction of sp³-hybridized carbons (Fsp3) is 0.533. The summed E-state index contributed by atoms with van der Waals surface area (Å²) in [5, 5.41) is 0. The molecule has 0 N–H and O–H groups in total. The van der Waals surface area contributed by atoms with Gasteiger partial charge in [-0.1, -0.05) is 22.0 Å². The van der Waals surface area contributed by atoms with Crippen LogP contribution in [-0.2, 0) is 11.3 Å². The Bertz CT molecular complexity index is 675. The van der Waals surface area contributed by atoms with E-state index in [-0.39, 0.29) is 10.6 Å². The van der Waals surface area contributed by atoms with Gasteiger partial charge in [0, 0.05) is 17.3 Å². The summed E-state index contributed by atoms with van der Waals surface area (Å²) in [6.07, 6.45) is 1.37. The van der Waals surface area contributed by atoms with E-state index in [4.69, 9.17) is 9.15 Å². The number of halogens is 1. The summed E-state index contributed by atoms with van der Waals surface area (Å²) in [4.78, 5) is 11.9. The molecule has 0 spiro atoms. The van der Waals surface area contributed by atoms with E-state index >= 15 is 0 Å². The average molecular weight is 340 g/mol. The SMILES string of the molecule is CCn1c(=O)oc2cc(C(Br)C3COC(C)C3)ccc21. The predicted octanol–water partition coefficient (Wildman–Crippen LogP) is 3.48. The first-order valence-electron chi connectivity index (χ1n) is 6.99. The van der Waals surface area contributed by atoms with Crippen LogP contribution >= 0.6 is 15.9 Å². The molecule has 3 atom stereocenters. The zero-order chi connectivity index (χ0) is 14.3. The van der Waals surface area contributed by atoms with Crippen LogP contribution in [-0.4, -0.2) is 17.3 Å². The van der Waals surface area contributed by atoms with E-state index < -0.39 is 0 Å². The number of aromatic nitrogens is 1. The summed E-state index contributed by atoms with van der Waals surface area (Å²) in [7, 11) is 0. The molecular formula is C15H18BrNO3. The second-order valence-corrected chi connectivity index (χ2v) is 6.37. The van der Waals surface area contributed by atoms with Crippen molar-refractivity contribution in [2.45, 2.75) is 37.7 Å². The number of oxazole rings is 1. The van der Waals surface area contributed by atoms with Gasteiger partial charge in [0.2, 0.25) is 0 Å². The summed E-state index contributed by atoms with van der Waals surface area (Å²) in [6.45, 7) is 5.43. The van der Waals surface area contributed by atoms with Crippen molar-refractivity contribution in [1.82, 2.24) is 4.57 Å². The monoisotopic (exact) mass is 339 g/mol. The Balaban J connectivity index is 1.95. The maximum absolute atomic E-state index is 11.7. The Hall–Kier alpha value is -1.07. The molecule has 4 nitrogen and oxygen atoms in total. The van der Waals surface area contributed by atoms with Gasteiger partial charge in [0.1, 0.15) is 0 Å². The molecule has 2 aromatic rings. The van der Waals surface area contributed by atoms with E-state index in [1.165, 1.54) is 0 Å². The fourth-order valence-electron chi connectivity index (χ4n) is 2.88. The Kier molecular flexibility index (Phi) is 3.73. The average Bonchev–Trinajstić information content (AvgIpc) is 2.99. The maximum Gasteiger partial charge on any atom is 0.419 e. The van der Waals surface area contributed by atoms with Crippen LogP contribution in [0.25, 0.3) is 11.1 Å². The molecule has 1 aromatic heterocycles. The van der Waals surface area contributed by atoms with Gasteiger partial charge < -0.3 is 9.15 Å². The molecule has 1 fully saturated rings. The van der Waals surface area contributed by atoms with Gasteiger partial charge in [0.05, 0.1) is 18.2 Å². The molecule has 2 heterocycles. The van der Waals surface area contributed by atoms with Crippen molar-refractivity contribution in [3.05, 3.63) is 34.3 Å². The molecule has 0 amide bonds. The highest BCUT2D eigenvalue weighted by atomic mass is 79.9. The van der Waals surface area contributed by atoms with Crippen molar-refractivity contribution in [1.29, 1.82) is 0 Å². The number of fused-ring (bicyclic) bond motifs is 1. The Labute approximate surface area is 125 Å². The molecule has 20 heavy (non-hydrogen) atoms. The first kappa shape index (κ1) is 13.9. The molecule has 3 unspecified atom stereocenters. The van der Waals surface area contributed by atoms with Crippen LogP contribution in [0.3, 0.4) is 0 Å². The Morgan fingerprint density at radius 2 is 2.30 bits per heavy atom. The molecule has 108 valence electrons. The van der Waals surface area contributed by atoms with Crippen molar-refractivity contribution in [2.24, 2.45) is 5.92 Å². The summed E-state index contributed by atoms with van der Waals surface area (Å²) >= 11 is 3.76. The lowest BCUT2D eigenvalue weighted by molar-refractivity contribution is 0.120. The van der Waals surface area contributed by atoms with Crippen molar-refractivity contribution in [2.75, 3.05) is 6.61 Å². The molecule has 5 heteroatoms. The molecule has 1 aromatic carbocycles. The number of nitrogens with zero attached hydrogens (tertiary/aromatic N) is 1. The first-order valence-corrected chi connectivity index (χ1v) is 7.90. The van der Waals surface area contributed by atoms with Crippen molar-refractivity contribution >= 4 is 27.0 Å². The second kappa shape index (κ2) is 5.37. The van der Waals surface area contributed by atoms with Crippen molar-refractivity contribution in [3.8, 4) is 0 Å². The van der Waals surface area contributed by atoms with E-state index in [1.807, 2.05) is 19.1 Å². The van der Waals surface area contributed by atoms with Gasteiger partial charge in [0.15, 0.2) is 5.58 Å². The lowest BCUT2D eigenvalue weighted by Gasteiger charge is -2.16. The smallest absolute Gasteiger partial charge is 0.408 e. The quantitative estimate of drug-likeness (QED) is 0.804. The van der Waals surface area contributed by atoms with Crippen LogP contribution in [0.15, 0.2) is 27.4 Å². The molecule has 1 saturated heterocycles. The molecular weight excluding hydrogens is 322 g/mol. The summed E-state index contributed by atoms with van der Waals surface area (Å²) in [5.41, 5.74) is 2.65. The highest BCUT2D eigenvalue weighted by molar-refractivity contribution is 9.09. The number of ether oxygens (including phenoxy) is 1. The number of hydrogen-bond donors (Lipinski definition) is 0. The third kappa shape index (κ3) is 2.33. The maximum atomic E-state index is 11.7. The first-order chi connectivity index (χ1) is 9.60. The zero-order valence-electron chi connectivity index (χ0n) is 11.6. The van der Waals surface area contributed by atoms with Gasteiger partial charge in [0.25, 0.3) is 0 Å². The van der Waals surface area contributed by atoms with Crippen LogP contribution in [0.2, 0.25) is 0 Å². The fourth-order valence-corrected chi connectivity index (χ4v) is 3.53. The topological polar surface area (TPSA) is 44.4 Å². The van der Waals surface area contributed by atoms with E-state index in [2.05, 4.69) is 28.9 Å². The lowest BCUT2D eigenvalue weighted by atomic mass is 9.96. The molecule has 1 aliphatic rings. The van der Waals surface area contributed by atoms with Gasteiger partial charge in [-0.2, -0.15) is 0 Å². The largest absolute Gasteiger partial charge is 0.419 e. The summed E-state index contributed by atoms with van der Waals surface area (Å²) in [6, 6.07) is 5.99. The predicted molar refractivity (Wildman–Crippen MR) is 81.3 cm³/mol. The van der Waals surface area contributed by atoms with Crippen LogP contribution in [0.1, 0.15) is 30.7 Å². The third-order valence-electron chi connectivity index (χ3n) is 3.97. The highest BCUT2D eigenvalue weighted by Crippen LogP contribution is 2.38. The van der Waals surface area contributed by atoms with Crippen LogP contribution in [0, 0.1) is 5.92 Å². The summed E-state index contributed by atoms with van der Waals surface area (Å²) < 4.78 is 12.6. The minimum Gasteiger partial charge on any atom is -0.408 e. The number of alkyl halides is 1. The molecule has 0 saturated carbocycles. The lowest BCUT2D eigenvalue weighted by Crippen LogP contribution is -2.12. The Morgan fingerprint density at radius 3 is 2.95 bits per heavy atom. The van der Waals surface area contributed by atoms with Gasteiger partial charge in [-0.05, 0) is 38.0 Å². The standard InChI is InChI=1S/C15H18BrNO3/c1-3-17-12-5-4-10(7-13(12)20-15(17)18)14(16)11-6-9(2)19-8-11/h4-5,7,9,11,14H,3,6,8H2,1-2H3. The van der Waals surface area contributed by atoms with E-state index in [1.54, 1.807) is 4.57 Å². The highest BCUT2D eigenvalue weighted by Gasteiger charge is 2.29.